The van der Waals surface area contributed by atoms with Crippen LogP contribution in [-0.4, -0.2) is 13.8 Å². The summed E-state index contributed by atoms with van der Waals surface area (Å²) in [7, 11) is -1.74. The van der Waals surface area contributed by atoms with E-state index in [9.17, 15) is 8.96 Å². The summed E-state index contributed by atoms with van der Waals surface area (Å²) < 4.78 is 33.3. The van der Waals surface area contributed by atoms with E-state index in [1.165, 1.54) is 38.0 Å². The van der Waals surface area contributed by atoms with Crippen LogP contribution in [0.3, 0.4) is 0 Å². The van der Waals surface area contributed by atoms with Gasteiger partial charge in [0.1, 0.15) is 11.6 Å². The lowest BCUT2D eigenvalue weighted by atomic mass is 10.3. The SMILES string of the molecule is COP(C)(=O)Oc1ccc(F)cc1. The van der Waals surface area contributed by atoms with Crippen LogP contribution >= 0.6 is 7.60 Å². The third kappa shape index (κ3) is 3.17. The fourth-order valence-electron chi connectivity index (χ4n) is 0.724. The van der Waals surface area contributed by atoms with Crippen molar-refractivity contribution < 1.29 is 18.0 Å². The molecule has 1 rings (SSSR count). The Morgan fingerprint density at radius 3 is 2.31 bits per heavy atom. The molecule has 1 atom stereocenters. The molecule has 1 aromatic rings. The fourth-order valence-corrected chi connectivity index (χ4v) is 1.30. The van der Waals surface area contributed by atoms with E-state index < -0.39 is 7.60 Å². The molecule has 3 nitrogen and oxygen atoms in total. The summed E-state index contributed by atoms with van der Waals surface area (Å²) >= 11 is 0. The average molecular weight is 204 g/mol. The van der Waals surface area contributed by atoms with Crippen molar-refractivity contribution in [3.8, 4) is 5.75 Å². The monoisotopic (exact) mass is 204 g/mol. The Hall–Kier alpha value is -0.860. The van der Waals surface area contributed by atoms with Crippen LogP contribution in [0.4, 0.5) is 4.39 Å². The van der Waals surface area contributed by atoms with E-state index in [1.807, 2.05) is 0 Å². The van der Waals surface area contributed by atoms with Crippen molar-refractivity contribution in [2.24, 2.45) is 0 Å². The minimum atomic E-state index is -3.03. The molecule has 0 aliphatic rings. The van der Waals surface area contributed by atoms with Gasteiger partial charge in [-0.05, 0) is 24.3 Å². The smallest absolute Gasteiger partial charge is 0.375 e. The van der Waals surface area contributed by atoms with Gasteiger partial charge in [-0.1, -0.05) is 0 Å². The Morgan fingerprint density at radius 1 is 1.31 bits per heavy atom. The molecule has 1 unspecified atom stereocenters. The van der Waals surface area contributed by atoms with Crippen molar-refractivity contribution in [3.05, 3.63) is 30.1 Å². The zero-order valence-corrected chi connectivity index (χ0v) is 8.25. The van der Waals surface area contributed by atoms with Crippen LogP contribution in [0, 0.1) is 5.82 Å². The Morgan fingerprint density at radius 2 is 1.85 bits per heavy atom. The van der Waals surface area contributed by atoms with Gasteiger partial charge in [0.05, 0.1) is 0 Å². The third-order valence-electron chi connectivity index (χ3n) is 1.42. The molecule has 0 aliphatic heterocycles. The minimum Gasteiger partial charge on any atom is -0.425 e. The van der Waals surface area contributed by atoms with E-state index in [4.69, 9.17) is 4.52 Å². The predicted octanol–water partition coefficient (Wildman–Crippen LogP) is 2.67. The standard InChI is InChI=1S/C8H10FO3P/c1-11-13(2,10)12-8-5-3-7(9)4-6-8/h3-6H,1-2H3. The number of benzene rings is 1. The first kappa shape index (κ1) is 10.2. The van der Waals surface area contributed by atoms with Crippen molar-refractivity contribution in [3.63, 3.8) is 0 Å². The van der Waals surface area contributed by atoms with E-state index in [1.54, 1.807) is 0 Å². The van der Waals surface area contributed by atoms with E-state index in [0.717, 1.165) is 0 Å². The quantitative estimate of drug-likeness (QED) is 0.710. The number of hydrogen-bond donors (Lipinski definition) is 0. The highest BCUT2D eigenvalue weighted by Gasteiger charge is 2.15. The molecule has 0 saturated carbocycles. The molecule has 5 heteroatoms. The zero-order chi connectivity index (χ0) is 9.90. The molecule has 0 aliphatic carbocycles. The highest BCUT2D eigenvalue weighted by molar-refractivity contribution is 7.53. The second-order valence-corrected chi connectivity index (χ2v) is 4.59. The molecule has 0 radical (unpaired) electrons. The maximum atomic E-state index is 12.4. The van der Waals surface area contributed by atoms with Gasteiger partial charge in [0.15, 0.2) is 0 Å². The maximum Gasteiger partial charge on any atom is 0.375 e. The van der Waals surface area contributed by atoms with Gasteiger partial charge in [-0.2, -0.15) is 0 Å². The minimum absolute atomic E-state index is 0.328. The van der Waals surface area contributed by atoms with Crippen molar-refractivity contribution in [1.82, 2.24) is 0 Å². The number of hydrogen-bond acceptors (Lipinski definition) is 3. The molecule has 13 heavy (non-hydrogen) atoms. The fraction of sp³-hybridized carbons (Fsp3) is 0.250. The highest BCUT2D eigenvalue weighted by atomic mass is 31.2. The van der Waals surface area contributed by atoms with Crippen molar-refractivity contribution in [2.45, 2.75) is 0 Å². The summed E-state index contributed by atoms with van der Waals surface area (Å²) in [6.07, 6.45) is 0. The average Bonchev–Trinajstić information content (AvgIpc) is 2.09. The molecular weight excluding hydrogens is 194 g/mol. The van der Waals surface area contributed by atoms with Gasteiger partial charge in [0, 0.05) is 13.8 Å². The van der Waals surface area contributed by atoms with Crippen molar-refractivity contribution in [2.75, 3.05) is 13.8 Å². The summed E-state index contributed by atoms with van der Waals surface area (Å²) in [4.78, 5) is 0. The van der Waals surface area contributed by atoms with Crippen molar-refractivity contribution >= 4 is 7.60 Å². The highest BCUT2D eigenvalue weighted by Crippen LogP contribution is 2.43. The second kappa shape index (κ2) is 3.90. The van der Waals surface area contributed by atoms with Gasteiger partial charge in [-0.15, -0.1) is 0 Å². The van der Waals surface area contributed by atoms with Gasteiger partial charge in [-0.25, -0.2) is 8.96 Å². The Bertz CT molecular complexity index is 323. The molecule has 1 aromatic carbocycles. The van der Waals surface area contributed by atoms with Crippen LogP contribution in [-0.2, 0) is 9.09 Å². The molecule has 0 heterocycles. The van der Waals surface area contributed by atoms with E-state index >= 15 is 0 Å². The molecule has 0 aromatic heterocycles. The van der Waals surface area contributed by atoms with Gasteiger partial charge >= 0.3 is 7.60 Å². The summed E-state index contributed by atoms with van der Waals surface area (Å²) in [5.74, 6) is -0.0372. The maximum absolute atomic E-state index is 12.4. The Kier molecular flexibility index (Phi) is 3.07. The molecule has 0 amide bonds. The molecular formula is C8H10FO3P. The van der Waals surface area contributed by atoms with Crippen LogP contribution in [0.15, 0.2) is 24.3 Å². The molecule has 0 N–H and O–H groups in total. The lowest BCUT2D eigenvalue weighted by Gasteiger charge is -2.11. The van der Waals surface area contributed by atoms with Crippen LogP contribution in [0.1, 0.15) is 0 Å². The van der Waals surface area contributed by atoms with E-state index in [2.05, 4.69) is 4.52 Å². The summed E-state index contributed by atoms with van der Waals surface area (Å²) in [6, 6.07) is 5.24. The summed E-state index contributed by atoms with van der Waals surface area (Å²) in [5.41, 5.74) is 0. The molecule has 0 bridgehead atoms. The van der Waals surface area contributed by atoms with E-state index in [-0.39, 0.29) is 5.82 Å². The first-order valence-electron chi connectivity index (χ1n) is 3.62. The first-order valence-corrected chi connectivity index (χ1v) is 5.61. The largest absolute Gasteiger partial charge is 0.425 e. The Labute approximate surface area is 76.0 Å². The Balaban J connectivity index is 2.75. The molecule has 0 saturated heterocycles. The second-order valence-electron chi connectivity index (χ2n) is 2.50. The first-order chi connectivity index (χ1) is 6.03. The van der Waals surface area contributed by atoms with Gasteiger partial charge in [-0.3, -0.25) is 0 Å². The lowest BCUT2D eigenvalue weighted by molar-refractivity contribution is 0.328. The summed E-state index contributed by atoms with van der Waals surface area (Å²) in [6.45, 7) is 1.34. The summed E-state index contributed by atoms with van der Waals surface area (Å²) in [5, 5.41) is 0. The van der Waals surface area contributed by atoms with E-state index in [0.29, 0.717) is 5.75 Å². The van der Waals surface area contributed by atoms with Gasteiger partial charge in [0.2, 0.25) is 0 Å². The van der Waals surface area contributed by atoms with Crippen LogP contribution < -0.4 is 4.52 Å². The van der Waals surface area contributed by atoms with Crippen LogP contribution in [0.2, 0.25) is 0 Å². The van der Waals surface area contributed by atoms with Gasteiger partial charge in [0.25, 0.3) is 0 Å². The third-order valence-corrected chi connectivity index (χ3v) is 2.62. The lowest BCUT2D eigenvalue weighted by Crippen LogP contribution is -1.92. The molecule has 0 spiro atoms. The van der Waals surface area contributed by atoms with Crippen LogP contribution in [0.5, 0.6) is 5.75 Å². The normalized spacial score (nSPS) is 15.0. The number of halogens is 1. The van der Waals surface area contributed by atoms with Crippen molar-refractivity contribution in [1.29, 1.82) is 0 Å². The molecule has 0 fully saturated rings. The van der Waals surface area contributed by atoms with Crippen LogP contribution in [0.25, 0.3) is 0 Å². The number of rotatable bonds is 3. The predicted molar refractivity (Wildman–Crippen MR) is 47.6 cm³/mol. The zero-order valence-electron chi connectivity index (χ0n) is 7.36. The molecule has 72 valence electrons. The topological polar surface area (TPSA) is 35.5 Å². The van der Waals surface area contributed by atoms with Gasteiger partial charge < -0.3 is 9.05 Å².